The average molecular weight is 230 g/mol. The van der Waals surface area contributed by atoms with Crippen LogP contribution in [0, 0.1) is 5.92 Å². The maximum atomic E-state index is 5.45. The van der Waals surface area contributed by atoms with E-state index in [-0.39, 0.29) is 0 Å². The molecule has 1 unspecified atom stereocenters. The summed E-state index contributed by atoms with van der Waals surface area (Å²) in [5, 5.41) is 3.50. The fourth-order valence-electron chi connectivity index (χ4n) is 1.90. The number of ether oxygens (including phenoxy) is 2. The van der Waals surface area contributed by atoms with Crippen molar-refractivity contribution in [3.63, 3.8) is 0 Å². The molecule has 1 fully saturated rings. The van der Waals surface area contributed by atoms with Gasteiger partial charge < -0.3 is 19.7 Å². The lowest BCUT2D eigenvalue weighted by Gasteiger charge is -2.23. The molecule has 1 saturated heterocycles. The Labute approximate surface area is 99.3 Å². The van der Waals surface area contributed by atoms with E-state index in [1.807, 2.05) is 0 Å². The average Bonchev–Trinajstić information content (AvgIpc) is 2.33. The third kappa shape index (κ3) is 6.43. The summed E-state index contributed by atoms with van der Waals surface area (Å²) < 4.78 is 10.5. The fraction of sp³-hybridized carbons (Fsp3) is 1.00. The van der Waals surface area contributed by atoms with Crippen molar-refractivity contribution in [3.8, 4) is 0 Å². The molecule has 1 atom stereocenters. The van der Waals surface area contributed by atoms with Gasteiger partial charge in [-0.25, -0.2) is 0 Å². The smallest absolute Gasteiger partial charge is 0.0589 e. The molecular formula is C12H26N2O2. The predicted octanol–water partition coefficient (Wildman–Crippen LogP) is 0.581. The Morgan fingerprint density at radius 2 is 2.31 bits per heavy atom. The highest BCUT2D eigenvalue weighted by atomic mass is 16.5. The molecule has 96 valence electrons. The van der Waals surface area contributed by atoms with Gasteiger partial charge in [0.25, 0.3) is 0 Å². The number of methoxy groups -OCH3 is 1. The zero-order valence-electron chi connectivity index (χ0n) is 10.7. The van der Waals surface area contributed by atoms with Crippen molar-refractivity contribution in [2.75, 3.05) is 60.2 Å². The maximum Gasteiger partial charge on any atom is 0.0589 e. The van der Waals surface area contributed by atoms with Crippen molar-refractivity contribution in [1.29, 1.82) is 0 Å². The second kappa shape index (κ2) is 8.93. The number of likely N-dealkylation sites (N-methyl/N-ethyl adjacent to an activating group) is 1. The second-order valence-corrected chi connectivity index (χ2v) is 4.58. The molecule has 0 aromatic heterocycles. The Morgan fingerprint density at radius 3 is 3.00 bits per heavy atom. The molecular weight excluding hydrogens is 204 g/mol. The zero-order valence-corrected chi connectivity index (χ0v) is 10.7. The summed E-state index contributed by atoms with van der Waals surface area (Å²) in [6.45, 7) is 6.94. The van der Waals surface area contributed by atoms with Crippen LogP contribution in [0.25, 0.3) is 0 Å². The van der Waals surface area contributed by atoms with Crippen molar-refractivity contribution < 1.29 is 9.47 Å². The van der Waals surface area contributed by atoms with Gasteiger partial charge in [-0.2, -0.15) is 0 Å². The highest BCUT2D eigenvalue weighted by Crippen LogP contribution is 2.11. The van der Waals surface area contributed by atoms with Gasteiger partial charge in [-0.1, -0.05) is 0 Å². The maximum absolute atomic E-state index is 5.45. The lowest BCUT2D eigenvalue weighted by molar-refractivity contribution is 0.0546. The molecule has 1 rings (SSSR count). The van der Waals surface area contributed by atoms with Gasteiger partial charge in [-0.3, -0.25) is 0 Å². The Kier molecular flexibility index (Phi) is 7.76. The van der Waals surface area contributed by atoms with Gasteiger partial charge in [-0.15, -0.1) is 0 Å². The minimum atomic E-state index is 0.720. The van der Waals surface area contributed by atoms with Crippen LogP contribution in [0.2, 0.25) is 0 Å². The Hall–Kier alpha value is -0.160. The van der Waals surface area contributed by atoms with Gasteiger partial charge in [-0.05, 0) is 25.8 Å². The summed E-state index contributed by atoms with van der Waals surface area (Å²) >= 11 is 0. The molecule has 0 spiro atoms. The highest BCUT2D eigenvalue weighted by Gasteiger charge is 2.12. The summed E-state index contributed by atoms with van der Waals surface area (Å²) in [5.41, 5.74) is 0. The molecule has 4 nitrogen and oxygen atoms in total. The Bertz CT molecular complexity index is 161. The highest BCUT2D eigenvalue weighted by molar-refractivity contribution is 4.66. The molecule has 1 aliphatic heterocycles. The predicted molar refractivity (Wildman–Crippen MR) is 65.8 cm³/mol. The van der Waals surface area contributed by atoms with E-state index in [9.17, 15) is 0 Å². The summed E-state index contributed by atoms with van der Waals surface area (Å²) in [6, 6.07) is 0. The van der Waals surface area contributed by atoms with Crippen LogP contribution < -0.4 is 5.32 Å². The third-order valence-electron chi connectivity index (χ3n) is 3.04. The van der Waals surface area contributed by atoms with E-state index in [1.165, 1.54) is 12.8 Å². The number of hydrogen-bond donors (Lipinski definition) is 1. The van der Waals surface area contributed by atoms with Crippen molar-refractivity contribution in [2.45, 2.75) is 12.8 Å². The molecule has 0 aromatic rings. The SMILES string of the molecule is COCCN(C)CCNCC1CCCOC1. The number of nitrogens with one attached hydrogen (secondary N) is 1. The van der Waals surface area contributed by atoms with E-state index >= 15 is 0 Å². The number of nitrogens with zero attached hydrogens (tertiary/aromatic N) is 1. The fourth-order valence-corrected chi connectivity index (χ4v) is 1.90. The molecule has 1 aliphatic rings. The van der Waals surface area contributed by atoms with E-state index in [0.717, 1.165) is 51.9 Å². The van der Waals surface area contributed by atoms with Crippen LogP contribution in [-0.2, 0) is 9.47 Å². The van der Waals surface area contributed by atoms with Gasteiger partial charge in [0.15, 0.2) is 0 Å². The topological polar surface area (TPSA) is 33.7 Å². The molecule has 0 radical (unpaired) electrons. The first kappa shape index (κ1) is 13.9. The van der Waals surface area contributed by atoms with E-state index < -0.39 is 0 Å². The lowest BCUT2D eigenvalue weighted by Crippen LogP contribution is -2.35. The van der Waals surface area contributed by atoms with Gasteiger partial charge >= 0.3 is 0 Å². The summed E-state index contributed by atoms with van der Waals surface area (Å²) in [7, 11) is 3.87. The van der Waals surface area contributed by atoms with Crippen LogP contribution >= 0.6 is 0 Å². The first-order valence-electron chi connectivity index (χ1n) is 6.29. The van der Waals surface area contributed by atoms with E-state index in [1.54, 1.807) is 7.11 Å². The monoisotopic (exact) mass is 230 g/mol. The van der Waals surface area contributed by atoms with Gasteiger partial charge in [0.05, 0.1) is 13.2 Å². The lowest BCUT2D eigenvalue weighted by atomic mass is 10.0. The minimum absolute atomic E-state index is 0.720. The number of hydrogen-bond acceptors (Lipinski definition) is 4. The molecule has 1 heterocycles. The van der Waals surface area contributed by atoms with Crippen LogP contribution in [0.15, 0.2) is 0 Å². The van der Waals surface area contributed by atoms with Crippen molar-refractivity contribution in [3.05, 3.63) is 0 Å². The summed E-state index contributed by atoms with van der Waals surface area (Å²) in [5.74, 6) is 0.720. The van der Waals surface area contributed by atoms with Gasteiger partial charge in [0, 0.05) is 39.9 Å². The third-order valence-corrected chi connectivity index (χ3v) is 3.04. The second-order valence-electron chi connectivity index (χ2n) is 4.58. The summed E-state index contributed by atoms with van der Waals surface area (Å²) in [6.07, 6.45) is 2.53. The first-order valence-corrected chi connectivity index (χ1v) is 6.29. The minimum Gasteiger partial charge on any atom is -0.383 e. The van der Waals surface area contributed by atoms with Gasteiger partial charge in [0.2, 0.25) is 0 Å². The Balaban J connectivity index is 1.90. The van der Waals surface area contributed by atoms with Crippen LogP contribution in [0.4, 0.5) is 0 Å². The van der Waals surface area contributed by atoms with Crippen molar-refractivity contribution in [1.82, 2.24) is 10.2 Å². The molecule has 0 aliphatic carbocycles. The molecule has 4 heteroatoms. The summed E-state index contributed by atoms with van der Waals surface area (Å²) in [4.78, 5) is 2.29. The quantitative estimate of drug-likeness (QED) is 0.619. The van der Waals surface area contributed by atoms with Crippen molar-refractivity contribution in [2.24, 2.45) is 5.92 Å². The number of rotatable bonds is 8. The molecule has 0 aromatic carbocycles. The molecule has 0 saturated carbocycles. The van der Waals surface area contributed by atoms with E-state index in [2.05, 4.69) is 17.3 Å². The molecule has 16 heavy (non-hydrogen) atoms. The molecule has 0 bridgehead atoms. The Morgan fingerprint density at radius 1 is 1.44 bits per heavy atom. The van der Waals surface area contributed by atoms with E-state index in [0.29, 0.717) is 0 Å². The van der Waals surface area contributed by atoms with Gasteiger partial charge in [0.1, 0.15) is 0 Å². The first-order chi connectivity index (χ1) is 7.83. The molecule has 0 amide bonds. The normalized spacial score (nSPS) is 21.6. The van der Waals surface area contributed by atoms with Crippen LogP contribution in [-0.4, -0.2) is 65.1 Å². The van der Waals surface area contributed by atoms with Crippen LogP contribution in [0.1, 0.15) is 12.8 Å². The zero-order chi connectivity index (χ0) is 11.6. The van der Waals surface area contributed by atoms with Crippen LogP contribution in [0.5, 0.6) is 0 Å². The van der Waals surface area contributed by atoms with E-state index in [4.69, 9.17) is 9.47 Å². The van der Waals surface area contributed by atoms with Crippen LogP contribution in [0.3, 0.4) is 0 Å². The largest absolute Gasteiger partial charge is 0.383 e. The standard InChI is InChI=1S/C12H26N2O2/c1-14(7-9-15-2)6-5-13-10-12-4-3-8-16-11-12/h12-13H,3-11H2,1-2H3. The molecule has 1 N–H and O–H groups in total. The van der Waals surface area contributed by atoms with Crippen molar-refractivity contribution >= 4 is 0 Å².